The minimum Gasteiger partial charge on any atom is -0.343 e. The third kappa shape index (κ3) is 2.57. The second-order valence-corrected chi connectivity index (χ2v) is 3.89. The van der Waals surface area contributed by atoms with Gasteiger partial charge >= 0.3 is 0 Å². The van der Waals surface area contributed by atoms with Crippen molar-refractivity contribution in [2.45, 2.75) is 39.2 Å². The van der Waals surface area contributed by atoms with E-state index in [1.54, 1.807) is 6.92 Å². The number of carbonyl (C=O) groups is 1. The molecule has 6 heteroatoms. The molecule has 0 spiro atoms. The van der Waals surface area contributed by atoms with E-state index >= 15 is 0 Å². The first-order valence-electron chi connectivity index (χ1n) is 5.48. The van der Waals surface area contributed by atoms with Gasteiger partial charge in [0, 0.05) is 6.54 Å². The summed E-state index contributed by atoms with van der Waals surface area (Å²) < 4.78 is 0. The van der Waals surface area contributed by atoms with Gasteiger partial charge in [-0.05, 0) is 19.8 Å². The molecule has 1 amide bonds. The maximum absolute atomic E-state index is 11.8. The highest BCUT2D eigenvalue weighted by molar-refractivity contribution is 5.90. The Hall–Kier alpha value is -1.43. The second kappa shape index (κ2) is 5.07. The van der Waals surface area contributed by atoms with E-state index in [0.717, 1.165) is 12.8 Å². The molecule has 90 valence electrons. The molecular formula is C10H19N5O. The number of hydrogen-bond acceptors (Lipinski definition) is 4. The van der Waals surface area contributed by atoms with Crippen LogP contribution >= 0.6 is 0 Å². The lowest BCUT2D eigenvalue weighted by Gasteiger charge is -2.30. The van der Waals surface area contributed by atoms with Gasteiger partial charge in [-0.25, -0.2) is 4.98 Å². The summed E-state index contributed by atoms with van der Waals surface area (Å²) in [5, 5.41) is 9.35. The summed E-state index contributed by atoms with van der Waals surface area (Å²) in [4.78, 5) is 15.8. The van der Waals surface area contributed by atoms with Crippen LogP contribution in [-0.2, 0) is 0 Å². The third-order valence-electron chi connectivity index (χ3n) is 2.92. The van der Waals surface area contributed by atoms with Crippen molar-refractivity contribution in [1.82, 2.24) is 20.5 Å². The summed E-state index contributed by atoms with van der Waals surface area (Å²) >= 11 is 0. The Kier molecular flexibility index (Phi) is 4.00. The van der Waals surface area contributed by atoms with Crippen LogP contribution in [-0.4, -0.2) is 33.2 Å². The maximum Gasteiger partial charge on any atom is 0.291 e. The maximum atomic E-state index is 11.8. The van der Waals surface area contributed by atoms with Crippen molar-refractivity contribution < 1.29 is 4.79 Å². The van der Waals surface area contributed by atoms with Gasteiger partial charge in [0.25, 0.3) is 5.91 Å². The summed E-state index contributed by atoms with van der Waals surface area (Å²) in [5.74, 6) is 0.507. The van der Waals surface area contributed by atoms with Crippen molar-refractivity contribution in [3.8, 4) is 0 Å². The molecule has 0 aliphatic rings. The standard InChI is InChI=1S/C10H19N5O/c1-4-10(5-2,6-11)13-9(16)8-12-7(3)14-15-8/h4-6,11H2,1-3H3,(H,13,16)(H,12,14,15). The van der Waals surface area contributed by atoms with Gasteiger partial charge in [0.05, 0.1) is 5.54 Å². The largest absolute Gasteiger partial charge is 0.343 e. The SMILES string of the molecule is CCC(CC)(CN)NC(=O)c1n[nH]c(C)n1. The summed E-state index contributed by atoms with van der Waals surface area (Å²) in [6.45, 7) is 6.16. The fraction of sp³-hybridized carbons (Fsp3) is 0.700. The average Bonchev–Trinajstić information content (AvgIpc) is 2.73. The van der Waals surface area contributed by atoms with Crippen LogP contribution in [0.3, 0.4) is 0 Å². The molecular weight excluding hydrogens is 206 g/mol. The van der Waals surface area contributed by atoms with Crippen LogP contribution in [0.15, 0.2) is 0 Å². The minimum absolute atomic E-state index is 0.164. The second-order valence-electron chi connectivity index (χ2n) is 3.89. The van der Waals surface area contributed by atoms with E-state index in [1.165, 1.54) is 0 Å². The molecule has 0 saturated carbocycles. The molecule has 1 heterocycles. The zero-order valence-electron chi connectivity index (χ0n) is 10.0. The number of nitrogens with one attached hydrogen (secondary N) is 2. The van der Waals surface area contributed by atoms with Crippen molar-refractivity contribution >= 4 is 5.91 Å². The first-order valence-corrected chi connectivity index (χ1v) is 5.48. The summed E-state index contributed by atoms with van der Waals surface area (Å²) in [6, 6.07) is 0. The van der Waals surface area contributed by atoms with E-state index in [-0.39, 0.29) is 17.3 Å². The van der Waals surface area contributed by atoms with Crippen molar-refractivity contribution in [3.05, 3.63) is 11.6 Å². The first-order chi connectivity index (χ1) is 7.56. The van der Waals surface area contributed by atoms with Gasteiger partial charge < -0.3 is 11.1 Å². The molecule has 0 aliphatic carbocycles. The zero-order valence-corrected chi connectivity index (χ0v) is 10.0. The van der Waals surface area contributed by atoms with E-state index < -0.39 is 0 Å². The summed E-state index contributed by atoms with van der Waals surface area (Å²) in [5.41, 5.74) is 5.34. The lowest BCUT2D eigenvalue weighted by molar-refractivity contribution is 0.0885. The number of carbonyl (C=O) groups excluding carboxylic acids is 1. The van der Waals surface area contributed by atoms with Crippen LogP contribution in [0.25, 0.3) is 0 Å². The van der Waals surface area contributed by atoms with E-state index in [9.17, 15) is 4.79 Å². The number of aromatic nitrogens is 3. The Balaban J connectivity index is 2.76. The topological polar surface area (TPSA) is 96.7 Å². The van der Waals surface area contributed by atoms with Gasteiger partial charge in [-0.3, -0.25) is 9.89 Å². The van der Waals surface area contributed by atoms with Crippen LogP contribution in [0.1, 0.15) is 43.1 Å². The Bertz CT molecular complexity index is 348. The van der Waals surface area contributed by atoms with Gasteiger partial charge in [-0.1, -0.05) is 13.8 Å². The zero-order chi connectivity index (χ0) is 12.2. The van der Waals surface area contributed by atoms with E-state index in [1.807, 2.05) is 13.8 Å². The van der Waals surface area contributed by atoms with Crippen LogP contribution in [0, 0.1) is 6.92 Å². The predicted molar refractivity (Wildman–Crippen MR) is 61.0 cm³/mol. The van der Waals surface area contributed by atoms with Crippen LogP contribution in [0.4, 0.5) is 0 Å². The highest BCUT2D eigenvalue weighted by atomic mass is 16.2. The lowest BCUT2D eigenvalue weighted by atomic mass is 9.93. The molecule has 0 aliphatic heterocycles. The molecule has 1 rings (SSSR count). The van der Waals surface area contributed by atoms with Crippen molar-refractivity contribution in [2.75, 3.05) is 6.54 Å². The molecule has 0 atom stereocenters. The highest BCUT2D eigenvalue weighted by Gasteiger charge is 2.28. The molecule has 0 fully saturated rings. The highest BCUT2D eigenvalue weighted by Crippen LogP contribution is 2.13. The number of aromatic amines is 1. The Morgan fingerprint density at radius 3 is 2.50 bits per heavy atom. The number of nitrogens with zero attached hydrogens (tertiary/aromatic N) is 2. The van der Waals surface area contributed by atoms with Crippen LogP contribution in [0.5, 0.6) is 0 Å². The average molecular weight is 225 g/mol. The summed E-state index contributed by atoms with van der Waals surface area (Å²) in [6.07, 6.45) is 1.57. The van der Waals surface area contributed by atoms with Gasteiger partial charge in [-0.15, -0.1) is 5.10 Å². The van der Waals surface area contributed by atoms with Gasteiger partial charge in [0.15, 0.2) is 0 Å². The molecule has 6 nitrogen and oxygen atoms in total. The molecule has 1 aromatic rings. The molecule has 16 heavy (non-hydrogen) atoms. The predicted octanol–water partition coefficient (Wildman–Crippen LogP) is 0.360. The Morgan fingerprint density at radius 2 is 2.12 bits per heavy atom. The Labute approximate surface area is 95.0 Å². The third-order valence-corrected chi connectivity index (χ3v) is 2.92. The minimum atomic E-state index is -0.356. The number of H-pyrrole nitrogens is 1. The summed E-state index contributed by atoms with van der Waals surface area (Å²) in [7, 11) is 0. The number of aryl methyl sites for hydroxylation is 1. The fourth-order valence-electron chi connectivity index (χ4n) is 1.51. The van der Waals surface area contributed by atoms with Gasteiger partial charge in [0.1, 0.15) is 5.82 Å². The molecule has 0 radical (unpaired) electrons. The monoisotopic (exact) mass is 225 g/mol. The van der Waals surface area contributed by atoms with E-state index in [0.29, 0.717) is 12.4 Å². The lowest BCUT2D eigenvalue weighted by Crippen LogP contribution is -2.53. The number of amides is 1. The van der Waals surface area contributed by atoms with Crippen molar-refractivity contribution in [1.29, 1.82) is 0 Å². The fourth-order valence-corrected chi connectivity index (χ4v) is 1.51. The van der Waals surface area contributed by atoms with Crippen molar-refractivity contribution in [3.63, 3.8) is 0 Å². The van der Waals surface area contributed by atoms with E-state index in [2.05, 4.69) is 20.5 Å². The van der Waals surface area contributed by atoms with Gasteiger partial charge in [-0.2, -0.15) is 0 Å². The Morgan fingerprint density at radius 1 is 1.50 bits per heavy atom. The quantitative estimate of drug-likeness (QED) is 0.674. The molecule has 0 bridgehead atoms. The van der Waals surface area contributed by atoms with Gasteiger partial charge in [0.2, 0.25) is 5.82 Å². The molecule has 0 unspecified atom stereocenters. The normalized spacial score (nSPS) is 11.5. The smallest absolute Gasteiger partial charge is 0.291 e. The van der Waals surface area contributed by atoms with Crippen LogP contribution in [0.2, 0.25) is 0 Å². The molecule has 1 aromatic heterocycles. The molecule has 0 saturated heterocycles. The van der Waals surface area contributed by atoms with E-state index in [4.69, 9.17) is 5.73 Å². The number of nitrogens with two attached hydrogens (primary N) is 1. The molecule has 0 aromatic carbocycles. The van der Waals surface area contributed by atoms with Crippen molar-refractivity contribution in [2.24, 2.45) is 5.73 Å². The van der Waals surface area contributed by atoms with Crippen LogP contribution < -0.4 is 11.1 Å². The number of rotatable bonds is 5. The first kappa shape index (κ1) is 12.6. The number of hydrogen-bond donors (Lipinski definition) is 3. The molecule has 4 N–H and O–H groups in total.